The highest BCUT2D eigenvalue weighted by Gasteiger charge is 2.34. The Hall–Kier alpha value is -3.72. The van der Waals surface area contributed by atoms with Crippen molar-refractivity contribution in [2.75, 3.05) is 6.54 Å². The fraction of sp³-hybridized carbons (Fsp3) is 0.231. The van der Waals surface area contributed by atoms with Crippen LogP contribution in [0.4, 0.5) is 4.39 Å². The number of benzene rings is 2. The van der Waals surface area contributed by atoms with Gasteiger partial charge in [0.2, 0.25) is 5.91 Å². The molecule has 1 aliphatic rings. The van der Waals surface area contributed by atoms with Gasteiger partial charge >= 0.3 is 0 Å². The van der Waals surface area contributed by atoms with E-state index in [-0.39, 0.29) is 11.5 Å². The van der Waals surface area contributed by atoms with Crippen LogP contribution in [0.1, 0.15) is 35.4 Å². The van der Waals surface area contributed by atoms with Crippen LogP contribution in [0, 0.1) is 12.7 Å². The molecule has 2 aromatic carbocycles. The van der Waals surface area contributed by atoms with E-state index in [0.717, 1.165) is 17.7 Å². The third kappa shape index (κ3) is 4.64. The minimum atomic E-state index is -0.508. The van der Waals surface area contributed by atoms with E-state index in [1.54, 1.807) is 6.26 Å². The number of aromatic nitrogens is 3. The maximum absolute atomic E-state index is 13.5. The predicted octanol–water partition coefficient (Wildman–Crippen LogP) is 5.29. The van der Waals surface area contributed by atoms with E-state index in [1.165, 1.54) is 40.9 Å². The molecular formula is C26H23FN4O3S. The van der Waals surface area contributed by atoms with E-state index in [4.69, 9.17) is 4.42 Å². The summed E-state index contributed by atoms with van der Waals surface area (Å²) in [7, 11) is 0. The van der Waals surface area contributed by atoms with Gasteiger partial charge in [-0.05, 0) is 62.2 Å². The van der Waals surface area contributed by atoms with Crippen molar-refractivity contribution in [1.29, 1.82) is 0 Å². The third-order valence-corrected chi connectivity index (χ3v) is 7.17. The molecule has 2 amide bonds. The van der Waals surface area contributed by atoms with Crippen LogP contribution in [0.3, 0.4) is 0 Å². The van der Waals surface area contributed by atoms with E-state index in [9.17, 15) is 14.0 Å². The number of halogens is 1. The molecule has 0 N–H and O–H groups in total. The first-order chi connectivity index (χ1) is 17.0. The van der Waals surface area contributed by atoms with Crippen molar-refractivity contribution in [3.05, 3.63) is 84.1 Å². The lowest BCUT2D eigenvalue weighted by molar-refractivity contribution is -0.127. The minimum absolute atomic E-state index is 0.273. The largest absolute Gasteiger partial charge is 0.469 e. The number of furan rings is 1. The summed E-state index contributed by atoms with van der Waals surface area (Å²) in [4.78, 5) is 27.9. The first-order valence-corrected chi connectivity index (χ1v) is 12.2. The van der Waals surface area contributed by atoms with Crippen LogP contribution in [0.25, 0.3) is 17.1 Å². The number of amides is 2. The van der Waals surface area contributed by atoms with E-state index >= 15 is 0 Å². The van der Waals surface area contributed by atoms with Gasteiger partial charge < -0.3 is 4.42 Å². The number of para-hydroxylation sites is 1. The number of hydrogen-bond acceptors (Lipinski definition) is 6. The maximum Gasteiger partial charge on any atom is 0.260 e. The van der Waals surface area contributed by atoms with Crippen LogP contribution < -0.4 is 0 Å². The Labute approximate surface area is 206 Å². The molecule has 7 nitrogen and oxygen atoms in total. The Morgan fingerprint density at radius 1 is 1.06 bits per heavy atom. The second-order valence-corrected chi connectivity index (χ2v) is 9.44. The predicted molar refractivity (Wildman–Crippen MR) is 130 cm³/mol. The van der Waals surface area contributed by atoms with Crippen LogP contribution in [-0.4, -0.2) is 43.3 Å². The van der Waals surface area contributed by atoms with E-state index in [1.807, 2.05) is 47.9 Å². The Bertz CT molecular complexity index is 1350. The van der Waals surface area contributed by atoms with Crippen molar-refractivity contribution >= 4 is 23.6 Å². The molecule has 0 radical (unpaired) electrons. The lowest BCUT2D eigenvalue weighted by Crippen LogP contribution is -2.41. The molecule has 0 bridgehead atoms. The molecule has 1 aliphatic heterocycles. The molecule has 5 rings (SSSR count). The zero-order valence-corrected chi connectivity index (χ0v) is 19.9. The Kier molecular flexibility index (Phi) is 6.50. The average Bonchev–Trinajstić information content (AvgIpc) is 3.44. The van der Waals surface area contributed by atoms with Crippen LogP contribution in [0.15, 0.2) is 76.5 Å². The molecule has 3 heterocycles. The Morgan fingerprint density at radius 2 is 1.83 bits per heavy atom. The lowest BCUT2D eigenvalue weighted by Gasteiger charge is -2.22. The highest BCUT2D eigenvalue weighted by Crippen LogP contribution is 2.35. The van der Waals surface area contributed by atoms with Gasteiger partial charge in [0.25, 0.3) is 5.91 Å². The fourth-order valence-corrected chi connectivity index (χ4v) is 5.29. The normalized spacial score (nSPS) is 16.3. The number of nitrogens with zero attached hydrogens (tertiary/aromatic N) is 4. The number of hydrogen-bond donors (Lipinski definition) is 0. The van der Waals surface area contributed by atoms with Gasteiger partial charge in [0.05, 0.1) is 17.1 Å². The summed E-state index contributed by atoms with van der Waals surface area (Å²) in [5.41, 5.74) is 1.96. The van der Waals surface area contributed by atoms with Crippen molar-refractivity contribution < 1.29 is 18.4 Å². The molecule has 0 unspecified atom stereocenters. The smallest absolute Gasteiger partial charge is 0.260 e. The number of rotatable bonds is 5. The van der Waals surface area contributed by atoms with Crippen molar-refractivity contribution in [2.24, 2.45) is 0 Å². The van der Waals surface area contributed by atoms with Crippen molar-refractivity contribution in [3.63, 3.8) is 0 Å². The second-order valence-electron chi connectivity index (χ2n) is 8.27. The van der Waals surface area contributed by atoms with Crippen LogP contribution in [0.5, 0.6) is 0 Å². The summed E-state index contributed by atoms with van der Waals surface area (Å²) in [5.74, 6) is 0.214. The Balaban J connectivity index is 1.48. The number of carbonyl (C=O) groups excluding carboxylic acids is 2. The third-order valence-electron chi connectivity index (χ3n) is 5.97. The molecule has 35 heavy (non-hydrogen) atoms. The molecule has 1 fully saturated rings. The summed E-state index contributed by atoms with van der Waals surface area (Å²) in [6.07, 6.45) is 3.72. The molecule has 1 saturated heterocycles. The first kappa shape index (κ1) is 23.0. The average molecular weight is 491 g/mol. The molecule has 178 valence electrons. The van der Waals surface area contributed by atoms with Gasteiger partial charge in [0.15, 0.2) is 11.0 Å². The highest BCUT2D eigenvalue weighted by atomic mass is 32.2. The molecule has 4 aromatic rings. The second kappa shape index (κ2) is 9.87. The number of carbonyl (C=O) groups is 2. The van der Waals surface area contributed by atoms with E-state index in [0.29, 0.717) is 36.1 Å². The molecule has 0 spiro atoms. The minimum Gasteiger partial charge on any atom is -0.469 e. The summed E-state index contributed by atoms with van der Waals surface area (Å²) in [6, 6.07) is 16.8. The zero-order valence-electron chi connectivity index (χ0n) is 19.1. The molecule has 1 atom stereocenters. The molecular weight excluding hydrogens is 467 g/mol. The first-order valence-electron chi connectivity index (χ1n) is 11.4. The number of imide groups is 1. The molecule has 0 saturated carbocycles. The maximum atomic E-state index is 13.5. The lowest BCUT2D eigenvalue weighted by atomic mass is 10.2. The van der Waals surface area contributed by atoms with Gasteiger partial charge in [0.1, 0.15) is 11.6 Å². The summed E-state index contributed by atoms with van der Waals surface area (Å²) >= 11 is 1.31. The van der Waals surface area contributed by atoms with Crippen molar-refractivity contribution in [1.82, 2.24) is 19.7 Å². The molecule has 0 aliphatic carbocycles. The highest BCUT2D eigenvalue weighted by molar-refractivity contribution is 8.00. The topological polar surface area (TPSA) is 81.2 Å². The fourth-order valence-electron chi connectivity index (χ4n) is 4.14. The van der Waals surface area contributed by atoms with Crippen LogP contribution >= 0.6 is 11.8 Å². The zero-order chi connectivity index (χ0) is 24.4. The Morgan fingerprint density at radius 3 is 2.54 bits per heavy atom. The number of likely N-dealkylation sites (tertiary alicyclic amines) is 1. The summed E-state index contributed by atoms with van der Waals surface area (Å²) in [5, 5.41) is 8.90. The number of thioether (sulfide) groups is 1. The van der Waals surface area contributed by atoms with Crippen LogP contribution in [0.2, 0.25) is 0 Å². The molecule has 2 aromatic heterocycles. The van der Waals surface area contributed by atoms with Crippen molar-refractivity contribution in [2.45, 2.75) is 36.6 Å². The van der Waals surface area contributed by atoms with Crippen LogP contribution in [-0.2, 0) is 4.79 Å². The van der Waals surface area contributed by atoms with Crippen molar-refractivity contribution in [3.8, 4) is 17.1 Å². The monoisotopic (exact) mass is 490 g/mol. The standard InChI is InChI=1S/C26H23FN4O3S/c1-17-21(14-16-34-17)23-28-29-26(31(23)20-7-3-2-4-8-20)35-22-9-5-6-15-30(25(22)33)24(32)18-10-12-19(27)13-11-18/h2-4,7-8,10-14,16,22H,5-6,9,15H2,1H3/t22-/m0/s1. The van der Waals surface area contributed by atoms with Gasteiger partial charge in [-0.2, -0.15) is 0 Å². The van der Waals surface area contributed by atoms with Gasteiger partial charge in [-0.15, -0.1) is 10.2 Å². The van der Waals surface area contributed by atoms with E-state index in [2.05, 4.69) is 10.2 Å². The number of aryl methyl sites for hydroxylation is 1. The van der Waals surface area contributed by atoms with Gasteiger partial charge in [-0.1, -0.05) is 36.4 Å². The van der Waals surface area contributed by atoms with Gasteiger partial charge in [0, 0.05) is 17.8 Å². The quantitative estimate of drug-likeness (QED) is 0.354. The summed E-state index contributed by atoms with van der Waals surface area (Å²) < 4.78 is 20.7. The SMILES string of the molecule is Cc1occc1-c1nnc(S[C@H]2CCCCN(C(=O)c3ccc(F)cc3)C2=O)n1-c1ccccc1. The summed E-state index contributed by atoms with van der Waals surface area (Å²) in [6.45, 7) is 2.19. The molecule has 9 heteroatoms. The van der Waals surface area contributed by atoms with Gasteiger partial charge in [-0.3, -0.25) is 19.1 Å². The van der Waals surface area contributed by atoms with Gasteiger partial charge in [-0.25, -0.2) is 4.39 Å². The van der Waals surface area contributed by atoms with E-state index < -0.39 is 17.0 Å².